The Bertz CT molecular complexity index is 1240. The van der Waals surface area contributed by atoms with E-state index in [1.165, 1.54) is 11.1 Å². The molecule has 0 atom stereocenters. The fourth-order valence-corrected chi connectivity index (χ4v) is 4.77. The fourth-order valence-electron chi connectivity index (χ4n) is 4.77. The Labute approximate surface area is 195 Å². The standard InChI is InChI=1S/C30H27NO2/c1-33-27-15-9-14-25(20-27)28-16-7-8-17-29(28)30(32)31(21-22-10-3-2-4-11-22)26-18-23-12-5-6-13-24(23)19-26/h2-17,20,26H,18-19,21H2,1H3. The fraction of sp³-hybridized carbons (Fsp3) is 0.167. The van der Waals surface area contributed by atoms with Gasteiger partial charge in [0.15, 0.2) is 0 Å². The zero-order chi connectivity index (χ0) is 22.6. The molecule has 0 saturated heterocycles. The monoisotopic (exact) mass is 433 g/mol. The van der Waals surface area contributed by atoms with E-state index in [0.717, 1.165) is 40.8 Å². The maximum absolute atomic E-state index is 14.1. The zero-order valence-electron chi connectivity index (χ0n) is 18.8. The summed E-state index contributed by atoms with van der Waals surface area (Å²) in [6.45, 7) is 0.588. The normalized spacial score (nSPS) is 12.9. The molecule has 0 unspecified atom stereocenters. The van der Waals surface area contributed by atoms with E-state index < -0.39 is 0 Å². The van der Waals surface area contributed by atoms with Crippen molar-refractivity contribution in [3.63, 3.8) is 0 Å². The first kappa shape index (κ1) is 21.0. The number of carbonyl (C=O) groups is 1. The van der Waals surface area contributed by atoms with Gasteiger partial charge >= 0.3 is 0 Å². The number of nitrogens with zero attached hydrogens (tertiary/aromatic N) is 1. The van der Waals surface area contributed by atoms with Gasteiger partial charge < -0.3 is 9.64 Å². The predicted octanol–water partition coefficient (Wildman–Crippen LogP) is 6.17. The molecule has 1 aliphatic carbocycles. The third-order valence-electron chi connectivity index (χ3n) is 6.47. The van der Waals surface area contributed by atoms with Crippen molar-refractivity contribution < 1.29 is 9.53 Å². The van der Waals surface area contributed by atoms with Crippen molar-refractivity contribution in [1.29, 1.82) is 0 Å². The lowest BCUT2D eigenvalue weighted by atomic mass is 9.97. The molecule has 0 radical (unpaired) electrons. The van der Waals surface area contributed by atoms with Gasteiger partial charge in [-0.05, 0) is 58.9 Å². The number of ether oxygens (including phenoxy) is 1. The van der Waals surface area contributed by atoms with Crippen LogP contribution in [-0.4, -0.2) is 24.0 Å². The summed E-state index contributed by atoms with van der Waals surface area (Å²) in [5, 5.41) is 0. The molecule has 0 fully saturated rings. The van der Waals surface area contributed by atoms with Crippen LogP contribution < -0.4 is 4.74 Å². The van der Waals surface area contributed by atoms with Crippen LogP contribution >= 0.6 is 0 Å². The van der Waals surface area contributed by atoms with Crippen molar-refractivity contribution in [3.05, 3.63) is 125 Å². The minimum atomic E-state index is 0.0649. The average molecular weight is 434 g/mol. The summed E-state index contributed by atoms with van der Waals surface area (Å²) >= 11 is 0. The van der Waals surface area contributed by atoms with Crippen LogP contribution in [0.15, 0.2) is 103 Å². The van der Waals surface area contributed by atoms with Crippen LogP contribution in [0.2, 0.25) is 0 Å². The zero-order valence-corrected chi connectivity index (χ0v) is 18.8. The number of fused-ring (bicyclic) bond motifs is 1. The highest BCUT2D eigenvalue weighted by atomic mass is 16.5. The van der Waals surface area contributed by atoms with Gasteiger partial charge in [-0.2, -0.15) is 0 Å². The van der Waals surface area contributed by atoms with Crippen LogP contribution in [0.5, 0.6) is 5.75 Å². The molecule has 33 heavy (non-hydrogen) atoms. The minimum absolute atomic E-state index is 0.0649. The average Bonchev–Trinajstić information content (AvgIpc) is 3.31. The van der Waals surface area contributed by atoms with Gasteiger partial charge in [0.1, 0.15) is 5.75 Å². The van der Waals surface area contributed by atoms with Crippen LogP contribution in [0.1, 0.15) is 27.0 Å². The van der Waals surface area contributed by atoms with Crippen molar-refractivity contribution in [3.8, 4) is 16.9 Å². The lowest BCUT2D eigenvalue weighted by molar-refractivity contribution is 0.0668. The lowest BCUT2D eigenvalue weighted by Crippen LogP contribution is -2.40. The number of methoxy groups -OCH3 is 1. The Morgan fingerprint density at radius 2 is 1.48 bits per heavy atom. The topological polar surface area (TPSA) is 29.5 Å². The maximum atomic E-state index is 14.1. The maximum Gasteiger partial charge on any atom is 0.255 e. The lowest BCUT2D eigenvalue weighted by Gasteiger charge is -2.30. The number of benzene rings is 4. The molecule has 4 aromatic rings. The van der Waals surface area contributed by atoms with E-state index in [1.807, 2.05) is 66.7 Å². The second kappa shape index (κ2) is 9.33. The first-order valence-corrected chi connectivity index (χ1v) is 11.4. The molecule has 164 valence electrons. The van der Waals surface area contributed by atoms with Crippen LogP contribution in [0.3, 0.4) is 0 Å². The second-order valence-electron chi connectivity index (χ2n) is 8.53. The first-order valence-electron chi connectivity index (χ1n) is 11.4. The molecule has 3 nitrogen and oxygen atoms in total. The van der Waals surface area contributed by atoms with E-state index >= 15 is 0 Å². The van der Waals surface area contributed by atoms with Crippen LogP contribution in [0, 0.1) is 0 Å². The number of amides is 1. The van der Waals surface area contributed by atoms with Crippen LogP contribution in [0.25, 0.3) is 11.1 Å². The second-order valence-corrected chi connectivity index (χ2v) is 8.53. The van der Waals surface area contributed by atoms with E-state index in [-0.39, 0.29) is 11.9 Å². The van der Waals surface area contributed by atoms with Crippen LogP contribution in [0.4, 0.5) is 0 Å². The summed E-state index contributed by atoms with van der Waals surface area (Å²) in [6.07, 6.45) is 1.77. The largest absolute Gasteiger partial charge is 0.497 e. The van der Waals surface area contributed by atoms with Crippen molar-refractivity contribution in [2.75, 3.05) is 7.11 Å². The smallest absolute Gasteiger partial charge is 0.255 e. The van der Waals surface area contributed by atoms with Gasteiger partial charge in [-0.15, -0.1) is 0 Å². The third kappa shape index (κ3) is 4.40. The summed E-state index contributed by atoms with van der Waals surface area (Å²) in [7, 11) is 1.66. The van der Waals surface area contributed by atoms with E-state index in [9.17, 15) is 4.79 Å². The summed E-state index contributed by atoms with van der Waals surface area (Å²) in [5.41, 5.74) is 6.45. The molecule has 4 aromatic carbocycles. The molecule has 0 aromatic heterocycles. The Balaban J connectivity index is 1.53. The molecule has 0 aliphatic heterocycles. The van der Waals surface area contributed by atoms with Gasteiger partial charge in [0, 0.05) is 18.2 Å². The van der Waals surface area contributed by atoms with Gasteiger partial charge in [0.2, 0.25) is 0 Å². The van der Waals surface area contributed by atoms with Crippen molar-refractivity contribution >= 4 is 5.91 Å². The van der Waals surface area contributed by atoms with Gasteiger partial charge in [0.25, 0.3) is 5.91 Å². The van der Waals surface area contributed by atoms with E-state index in [2.05, 4.69) is 41.3 Å². The molecule has 1 aliphatic rings. The molecular weight excluding hydrogens is 406 g/mol. The Kier molecular flexibility index (Phi) is 5.95. The van der Waals surface area contributed by atoms with E-state index in [4.69, 9.17) is 4.74 Å². The molecule has 0 bridgehead atoms. The minimum Gasteiger partial charge on any atom is -0.497 e. The number of rotatable bonds is 6. The van der Waals surface area contributed by atoms with Crippen molar-refractivity contribution in [1.82, 2.24) is 4.90 Å². The summed E-state index contributed by atoms with van der Waals surface area (Å²) in [6, 6.07) is 34.7. The number of hydrogen-bond acceptors (Lipinski definition) is 2. The van der Waals surface area contributed by atoms with Crippen molar-refractivity contribution in [2.24, 2.45) is 0 Å². The van der Waals surface area contributed by atoms with E-state index in [1.54, 1.807) is 7.11 Å². The highest BCUT2D eigenvalue weighted by Crippen LogP contribution is 2.31. The number of carbonyl (C=O) groups excluding carboxylic acids is 1. The molecule has 0 N–H and O–H groups in total. The quantitative estimate of drug-likeness (QED) is 0.364. The summed E-state index contributed by atoms with van der Waals surface area (Å²) < 4.78 is 5.42. The Morgan fingerprint density at radius 1 is 0.818 bits per heavy atom. The Hall–Kier alpha value is -3.85. The molecule has 0 saturated carbocycles. The van der Waals surface area contributed by atoms with E-state index in [0.29, 0.717) is 6.54 Å². The van der Waals surface area contributed by atoms with Gasteiger partial charge in [0.05, 0.1) is 7.11 Å². The van der Waals surface area contributed by atoms with Gasteiger partial charge in [-0.3, -0.25) is 4.79 Å². The molecule has 5 rings (SSSR count). The highest BCUT2D eigenvalue weighted by molar-refractivity contribution is 6.01. The Morgan fingerprint density at radius 3 is 2.21 bits per heavy atom. The molecule has 3 heteroatoms. The van der Waals surface area contributed by atoms with Crippen molar-refractivity contribution in [2.45, 2.75) is 25.4 Å². The highest BCUT2D eigenvalue weighted by Gasteiger charge is 2.31. The summed E-state index contributed by atoms with van der Waals surface area (Å²) in [4.78, 5) is 16.2. The molecule has 1 amide bonds. The van der Waals surface area contributed by atoms with Gasteiger partial charge in [-0.25, -0.2) is 0 Å². The third-order valence-corrected chi connectivity index (χ3v) is 6.47. The molecular formula is C30H27NO2. The summed E-state index contributed by atoms with van der Waals surface area (Å²) in [5.74, 6) is 0.845. The predicted molar refractivity (Wildman–Crippen MR) is 132 cm³/mol. The molecule has 0 spiro atoms. The first-order chi connectivity index (χ1) is 16.2. The molecule has 0 heterocycles. The van der Waals surface area contributed by atoms with Gasteiger partial charge in [-0.1, -0.05) is 84.9 Å². The number of hydrogen-bond donors (Lipinski definition) is 0. The van der Waals surface area contributed by atoms with Crippen LogP contribution in [-0.2, 0) is 19.4 Å². The SMILES string of the molecule is COc1cccc(-c2ccccc2C(=O)N(Cc2ccccc2)C2Cc3ccccc3C2)c1.